The van der Waals surface area contributed by atoms with Crippen LogP contribution >= 0.6 is 23.8 Å². The van der Waals surface area contributed by atoms with Crippen molar-refractivity contribution in [1.29, 1.82) is 0 Å². The first-order valence-corrected chi connectivity index (χ1v) is 6.66. The van der Waals surface area contributed by atoms with E-state index in [-0.39, 0.29) is 0 Å². The van der Waals surface area contributed by atoms with Gasteiger partial charge in [0.15, 0.2) is 5.11 Å². The SMILES string of the molecule is CN(C)CCNC(=S)N(C)Cc1ccccc1Cl. The van der Waals surface area contributed by atoms with E-state index in [1.165, 1.54) is 0 Å². The first-order valence-electron chi connectivity index (χ1n) is 5.88. The molecule has 0 radical (unpaired) electrons. The summed E-state index contributed by atoms with van der Waals surface area (Å²) in [6.45, 7) is 2.52. The van der Waals surface area contributed by atoms with Gasteiger partial charge in [0, 0.05) is 31.7 Å². The van der Waals surface area contributed by atoms with Crippen molar-refractivity contribution < 1.29 is 0 Å². The van der Waals surface area contributed by atoms with Crippen LogP contribution in [0, 0.1) is 0 Å². The molecule has 3 nitrogen and oxygen atoms in total. The van der Waals surface area contributed by atoms with Gasteiger partial charge in [-0.1, -0.05) is 29.8 Å². The molecule has 1 aromatic carbocycles. The molecule has 0 saturated heterocycles. The average molecular weight is 286 g/mol. The first-order chi connectivity index (χ1) is 8.50. The van der Waals surface area contributed by atoms with Crippen LogP contribution in [0.25, 0.3) is 0 Å². The van der Waals surface area contributed by atoms with Crippen LogP contribution in [0.2, 0.25) is 5.02 Å². The summed E-state index contributed by atoms with van der Waals surface area (Å²) in [5, 5.41) is 4.75. The van der Waals surface area contributed by atoms with Crippen molar-refractivity contribution in [3.05, 3.63) is 34.9 Å². The molecular weight excluding hydrogens is 266 g/mol. The number of nitrogens with one attached hydrogen (secondary N) is 1. The quantitative estimate of drug-likeness (QED) is 0.836. The number of benzene rings is 1. The number of thiocarbonyl (C=S) groups is 1. The van der Waals surface area contributed by atoms with E-state index < -0.39 is 0 Å². The zero-order valence-electron chi connectivity index (χ0n) is 11.1. The van der Waals surface area contributed by atoms with Gasteiger partial charge in [-0.15, -0.1) is 0 Å². The maximum atomic E-state index is 6.12. The molecule has 1 aromatic rings. The zero-order chi connectivity index (χ0) is 13.5. The Balaban J connectivity index is 2.43. The fourth-order valence-corrected chi connectivity index (χ4v) is 1.84. The van der Waals surface area contributed by atoms with Crippen molar-refractivity contribution in [3.8, 4) is 0 Å². The average Bonchev–Trinajstić information content (AvgIpc) is 2.31. The lowest BCUT2D eigenvalue weighted by Crippen LogP contribution is -2.39. The van der Waals surface area contributed by atoms with Gasteiger partial charge in [0.1, 0.15) is 0 Å². The van der Waals surface area contributed by atoms with Crippen molar-refractivity contribution in [1.82, 2.24) is 15.1 Å². The van der Waals surface area contributed by atoms with Crippen molar-refractivity contribution in [2.24, 2.45) is 0 Å². The summed E-state index contributed by atoms with van der Waals surface area (Å²) < 4.78 is 0. The Morgan fingerprint density at radius 3 is 2.56 bits per heavy atom. The van der Waals surface area contributed by atoms with Crippen LogP contribution in [-0.4, -0.2) is 49.1 Å². The predicted octanol–water partition coefficient (Wildman–Crippen LogP) is 2.21. The topological polar surface area (TPSA) is 18.5 Å². The van der Waals surface area contributed by atoms with E-state index in [2.05, 4.69) is 10.2 Å². The maximum absolute atomic E-state index is 6.12. The Bertz CT molecular complexity index is 396. The maximum Gasteiger partial charge on any atom is 0.169 e. The van der Waals surface area contributed by atoms with E-state index in [1.807, 2.05) is 50.3 Å². The number of nitrogens with zero attached hydrogens (tertiary/aromatic N) is 2. The van der Waals surface area contributed by atoms with Crippen LogP contribution < -0.4 is 5.32 Å². The fourth-order valence-electron chi connectivity index (χ4n) is 1.48. The Labute approximate surface area is 120 Å². The molecule has 100 valence electrons. The summed E-state index contributed by atoms with van der Waals surface area (Å²) in [6.07, 6.45) is 0. The molecular formula is C13H20ClN3S. The van der Waals surface area contributed by atoms with Gasteiger partial charge in [-0.25, -0.2) is 0 Å². The van der Waals surface area contributed by atoms with E-state index >= 15 is 0 Å². The second-order valence-electron chi connectivity index (χ2n) is 4.48. The Kier molecular flexibility index (Phi) is 6.39. The summed E-state index contributed by atoms with van der Waals surface area (Å²) in [6, 6.07) is 7.82. The highest BCUT2D eigenvalue weighted by molar-refractivity contribution is 7.80. The van der Waals surface area contributed by atoms with Crippen LogP contribution in [-0.2, 0) is 6.54 Å². The van der Waals surface area contributed by atoms with Gasteiger partial charge in [0.2, 0.25) is 0 Å². The highest BCUT2D eigenvalue weighted by Gasteiger charge is 2.06. The first kappa shape index (κ1) is 15.2. The molecule has 18 heavy (non-hydrogen) atoms. The summed E-state index contributed by atoms with van der Waals surface area (Å²) in [7, 11) is 6.05. The molecule has 0 unspecified atom stereocenters. The van der Waals surface area contributed by atoms with Gasteiger partial charge in [-0.3, -0.25) is 0 Å². The lowest BCUT2D eigenvalue weighted by atomic mass is 10.2. The van der Waals surface area contributed by atoms with Gasteiger partial charge in [0.25, 0.3) is 0 Å². The van der Waals surface area contributed by atoms with Gasteiger partial charge in [-0.2, -0.15) is 0 Å². The van der Waals surface area contributed by atoms with E-state index in [0.29, 0.717) is 6.54 Å². The van der Waals surface area contributed by atoms with Crippen LogP contribution in [0.5, 0.6) is 0 Å². The summed E-state index contributed by atoms with van der Waals surface area (Å²) in [4.78, 5) is 4.11. The molecule has 0 aliphatic carbocycles. The second kappa shape index (κ2) is 7.56. The molecule has 0 bridgehead atoms. The van der Waals surface area contributed by atoms with Crippen LogP contribution in [0.15, 0.2) is 24.3 Å². The zero-order valence-corrected chi connectivity index (χ0v) is 12.7. The van der Waals surface area contributed by atoms with Gasteiger partial charge in [-0.05, 0) is 37.9 Å². The lowest BCUT2D eigenvalue weighted by Gasteiger charge is -2.22. The van der Waals surface area contributed by atoms with E-state index in [4.69, 9.17) is 23.8 Å². The van der Waals surface area contributed by atoms with Crippen molar-refractivity contribution in [3.63, 3.8) is 0 Å². The van der Waals surface area contributed by atoms with Gasteiger partial charge >= 0.3 is 0 Å². The molecule has 0 fully saturated rings. The molecule has 1 N–H and O–H groups in total. The molecule has 0 aliphatic rings. The van der Waals surface area contributed by atoms with Crippen molar-refractivity contribution >= 4 is 28.9 Å². The van der Waals surface area contributed by atoms with Gasteiger partial charge in [0.05, 0.1) is 0 Å². The number of hydrogen-bond donors (Lipinski definition) is 1. The Hall–Kier alpha value is -0.840. The Morgan fingerprint density at radius 1 is 1.28 bits per heavy atom. The molecule has 0 amide bonds. The number of hydrogen-bond acceptors (Lipinski definition) is 2. The molecule has 0 aliphatic heterocycles. The minimum atomic E-state index is 0.716. The lowest BCUT2D eigenvalue weighted by molar-refractivity contribution is 0.406. The van der Waals surface area contributed by atoms with Crippen LogP contribution in [0.3, 0.4) is 0 Å². The van der Waals surface area contributed by atoms with Crippen molar-refractivity contribution in [2.75, 3.05) is 34.2 Å². The summed E-state index contributed by atoms with van der Waals surface area (Å²) in [5.41, 5.74) is 1.08. The third-order valence-electron chi connectivity index (χ3n) is 2.55. The third-order valence-corrected chi connectivity index (χ3v) is 3.37. The van der Waals surface area contributed by atoms with E-state index in [0.717, 1.165) is 28.8 Å². The second-order valence-corrected chi connectivity index (χ2v) is 5.28. The highest BCUT2D eigenvalue weighted by atomic mass is 35.5. The monoisotopic (exact) mass is 285 g/mol. The molecule has 5 heteroatoms. The molecule has 0 spiro atoms. The van der Waals surface area contributed by atoms with E-state index in [9.17, 15) is 0 Å². The standard InChI is InChI=1S/C13H20ClN3S/c1-16(2)9-8-15-13(18)17(3)10-11-6-4-5-7-12(11)14/h4-7H,8-10H2,1-3H3,(H,15,18). The normalized spacial score (nSPS) is 10.5. The highest BCUT2D eigenvalue weighted by Crippen LogP contribution is 2.16. The fraction of sp³-hybridized carbons (Fsp3) is 0.462. The largest absolute Gasteiger partial charge is 0.361 e. The smallest absolute Gasteiger partial charge is 0.169 e. The molecule has 0 atom stereocenters. The number of rotatable bonds is 5. The molecule has 0 heterocycles. The number of halogens is 1. The number of likely N-dealkylation sites (N-methyl/N-ethyl adjacent to an activating group) is 1. The summed E-state index contributed by atoms with van der Waals surface area (Å²) >= 11 is 11.4. The molecule has 0 aromatic heterocycles. The Morgan fingerprint density at radius 2 is 1.94 bits per heavy atom. The van der Waals surface area contributed by atoms with Crippen LogP contribution in [0.4, 0.5) is 0 Å². The van der Waals surface area contributed by atoms with Crippen molar-refractivity contribution in [2.45, 2.75) is 6.54 Å². The summed E-state index contributed by atoms with van der Waals surface area (Å²) in [5.74, 6) is 0. The predicted molar refractivity (Wildman–Crippen MR) is 82.1 cm³/mol. The van der Waals surface area contributed by atoms with E-state index in [1.54, 1.807) is 0 Å². The minimum absolute atomic E-state index is 0.716. The van der Waals surface area contributed by atoms with Crippen LogP contribution in [0.1, 0.15) is 5.56 Å². The molecule has 1 rings (SSSR count). The minimum Gasteiger partial charge on any atom is -0.361 e. The molecule has 0 saturated carbocycles. The third kappa shape index (κ3) is 5.21. The van der Waals surface area contributed by atoms with Gasteiger partial charge < -0.3 is 15.1 Å².